The van der Waals surface area contributed by atoms with E-state index in [4.69, 9.17) is 9.97 Å². The van der Waals surface area contributed by atoms with Crippen molar-refractivity contribution >= 4 is 34.2 Å². The Balaban J connectivity index is 1.48. The van der Waals surface area contributed by atoms with Gasteiger partial charge in [-0.2, -0.15) is 0 Å². The van der Waals surface area contributed by atoms with Crippen molar-refractivity contribution in [1.29, 1.82) is 0 Å². The van der Waals surface area contributed by atoms with E-state index in [9.17, 15) is 0 Å². The number of aliphatic imine (C=N–C) groups is 1. The van der Waals surface area contributed by atoms with Gasteiger partial charge in [0.15, 0.2) is 5.82 Å². The van der Waals surface area contributed by atoms with E-state index in [-0.39, 0.29) is 0 Å². The molecule has 0 fully saturated rings. The highest BCUT2D eigenvalue weighted by molar-refractivity contribution is 6.09. The molecular weight excluding hydrogens is 466 g/mol. The van der Waals surface area contributed by atoms with Crippen LogP contribution in [0.4, 0.5) is 0 Å². The molecule has 5 nitrogen and oxygen atoms in total. The average molecular weight is 492 g/mol. The fourth-order valence-corrected chi connectivity index (χ4v) is 4.72. The highest BCUT2D eigenvalue weighted by Crippen LogP contribution is 2.32. The predicted octanol–water partition coefficient (Wildman–Crippen LogP) is 7.92. The minimum Gasteiger partial charge on any atom is -0.309 e. The van der Waals surface area contributed by atoms with Gasteiger partial charge in [0.25, 0.3) is 0 Å². The molecule has 38 heavy (non-hydrogen) atoms. The minimum absolute atomic E-state index is 0.604. The minimum atomic E-state index is 0.604. The molecule has 0 aliphatic carbocycles. The summed E-state index contributed by atoms with van der Waals surface area (Å²) in [6.45, 7) is 5.71. The number of benzene rings is 3. The first-order valence-corrected chi connectivity index (χ1v) is 12.5. The Kier molecular flexibility index (Phi) is 6.16. The van der Waals surface area contributed by atoms with Crippen LogP contribution in [0.15, 0.2) is 126 Å². The van der Waals surface area contributed by atoms with Crippen LogP contribution < -0.4 is 0 Å². The molecule has 0 atom stereocenters. The highest BCUT2D eigenvalue weighted by atomic mass is 15.0. The first-order chi connectivity index (χ1) is 18.8. The molecule has 0 aliphatic heterocycles. The second-order valence-electron chi connectivity index (χ2n) is 8.83. The van der Waals surface area contributed by atoms with E-state index >= 15 is 0 Å². The molecule has 0 N–H and O–H groups in total. The molecule has 3 heterocycles. The van der Waals surface area contributed by atoms with Crippen LogP contribution >= 0.6 is 0 Å². The van der Waals surface area contributed by atoms with Crippen molar-refractivity contribution in [2.45, 2.75) is 6.92 Å². The number of allylic oxidation sites excluding steroid dienone is 3. The maximum atomic E-state index is 4.88. The summed E-state index contributed by atoms with van der Waals surface area (Å²) in [5, 5.41) is 2.47. The Morgan fingerprint density at radius 1 is 0.789 bits per heavy atom. The summed E-state index contributed by atoms with van der Waals surface area (Å²) in [4.78, 5) is 18.5. The van der Waals surface area contributed by atoms with Crippen LogP contribution in [0.3, 0.4) is 0 Å². The maximum absolute atomic E-state index is 4.88. The molecule has 5 heteroatoms. The Hall–Kier alpha value is -5.16. The van der Waals surface area contributed by atoms with Gasteiger partial charge in [-0.05, 0) is 74.3 Å². The largest absolute Gasteiger partial charge is 0.309 e. The Bertz CT molecular complexity index is 1770. The van der Waals surface area contributed by atoms with E-state index in [0.29, 0.717) is 17.2 Å². The van der Waals surface area contributed by atoms with Gasteiger partial charge in [0.05, 0.1) is 33.8 Å². The number of nitrogens with zero attached hydrogens (tertiary/aromatic N) is 5. The Morgan fingerprint density at radius 2 is 1.47 bits per heavy atom. The lowest BCUT2D eigenvalue weighted by Gasteiger charge is -2.11. The number of rotatable bonds is 6. The molecule has 0 spiro atoms. The van der Waals surface area contributed by atoms with Gasteiger partial charge in [-0.3, -0.25) is 9.98 Å². The van der Waals surface area contributed by atoms with Crippen molar-refractivity contribution in [2.24, 2.45) is 4.99 Å². The van der Waals surface area contributed by atoms with Gasteiger partial charge in [-0.15, -0.1) is 0 Å². The summed E-state index contributed by atoms with van der Waals surface area (Å²) in [6, 6.07) is 33.1. The van der Waals surface area contributed by atoms with Gasteiger partial charge in [-0.25, -0.2) is 9.97 Å². The van der Waals surface area contributed by atoms with Gasteiger partial charge in [0.1, 0.15) is 0 Å². The molecular formula is C33H25N5. The zero-order chi connectivity index (χ0) is 25.9. The topological polar surface area (TPSA) is 56.0 Å². The van der Waals surface area contributed by atoms with Crippen LogP contribution in [0, 0.1) is 0 Å². The monoisotopic (exact) mass is 491 g/mol. The van der Waals surface area contributed by atoms with Crippen molar-refractivity contribution in [1.82, 2.24) is 19.5 Å². The van der Waals surface area contributed by atoms with E-state index in [1.54, 1.807) is 6.20 Å². The Morgan fingerprint density at radius 3 is 2.11 bits per heavy atom. The molecule has 0 saturated carbocycles. The second kappa shape index (κ2) is 10.1. The molecule has 182 valence electrons. The standard InChI is InChI=1S/C33H25N5/c1-3-4-13-27(34-2)29-22-30(28-14-9-10-21-35-28)37-33(36-29)23-17-19-24(20-18-23)38-31-15-7-5-11-25(31)26-12-6-8-16-32(26)38/h3-22H,2H2,1H3/b4-3-,27-13-. The van der Waals surface area contributed by atoms with Crippen molar-refractivity contribution in [2.75, 3.05) is 0 Å². The third kappa shape index (κ3) is 4.20. The van der Waals surface area contributed by atoms with Crippen LogP contribution in [0.25, 0.3) is 56.0 Å². The summed E-state index contributed by atoms with van der Waals surface area (Å²) in [6.07, 6.45) is 7.53. The summed E-state index contributed by atoms with van der Waals surface area (Å²) < 4.78 is 2.30. The van der Waals surface area contributed by atoms with Gasteiger partial charge in [0, 0.05) is 28.2 Å². The third-order valence-corrected chi connectivity index (χ3v) is 6.50. The number of para-hydroxylation sites is 2. The third-order valence-electron chi connectivity index (χ3n) is 6.50. The SMILES string of the molecule is C=N/C(=C\C=C/C)c1cc(-c2ccccn2)nc(-c2ccc(-n3c4ccccc4c4ccccc43)cc2)n1. The summed E-state index contributed by atoms with van der Waals surface area (Å²) in [7, 11) is 0. The quantitative estimate of drug-likeness (QED) is 0.176. The lowest BCUT2D eigenvalue weighted by Crippen LogP contribution is -1.99. The molecule has 0 aliphatic rings. The second-order valence-corrected chi connectivity index (χ2v) is 8.83. The smallest absolute Gasteiger partial charge is 0.160 e. The lowest BCUT2D eigenvalue weighted by atomic mass is 10.1. The number of aromatic nitrogens is 4. The fourth-order valence-electron chi connectivity index (χ4n) is 4.72. The first-order valence-electron chi connectivity index (χ1n) is 12.5. The van der Waals surface area contributed by atoms with E-state index in [1.807, 2.05) is 49.4 Å². The van der Waals surface area contributed by atoms with E-state index in [0.717, 1.165) is 22.6 Å². The molecule has 0 unspecified atom stereocenters. The summed E-state index contributed by atoms with van der Waals surface area (Å²) >= 11 is 0. The normalized spacial score (nSPS) is 12.0. The molecule has 3 aromatic carbocycles. The zero-order valence-electron chi connectivity index (χ0n) is 21.0. The summed E-state index contributed by atoms with van der Waals surface area (Å²) in [5.74, 6) is 0.604. The average Bonchev–Trinajstić information content (AvgIpc) is 3.32. The highest BCUT2D eigenvalue weighted by Gasteiger charge is 2.14. The molecule has 0 radical (unpaired) electrons. The van der Waals surface area contributed by atoms with Gasteiger partial charge < -0.3 is 4.57 Å². The molecule has 6 aromatic rings. The van der Waals surface area contributed by atoms with Gasteiger partial charge >= 0.3 is 0 Å². The number of fused-ring (bicyclic) bond motifs is 3. The predicted molar refractivity (Wildman–Crippen MR) is 157 cm³/mol. The molecule has 3 aromatic heterocycles. The first kappa shape index (κ1) is 23.3. The van der Waals surface area contributed by atoms with Crippen LogP contribution in [0.5, 0.6) is 0 Å². The van der Waals surface area contributed by atoms with Crippen molar-refractivity contribution in [3.8, 4) is 28.5 Å². The van der Waals surface area contributed by atoms with E-state index in [2.05, 4.69) is 94.1 Å². The molecule has 0 amide bonds. The summed E-state index contributed by atoms with van der Waals surface area (Å²) in [5.41, 5.74) is 7.19. The number of hydrogen-bond acceptors (Lipinski definition) is 4. The lowest BCUT2D eigenvalue weighted by molar-refractivity contribution is 1.13. The maximum Gasteiger partial charge on any atom is 0.160 e. The molecule has 0 bridgehead atoms. The van der Waals surface area contributed by atoms with Crippen LogP contribution in [0.1, 0.15) is 12.6 Å². The number of hydrogen-bond donors (Lipinski definition) is 0. The van der Waals surface area contributed by atoms with Crippen LogP contribution in [-0.4, -0.2) is 26.2 Å². The van der Waals surface area contributed by atoms with Crippen molar-refractivity contribution < 1.29 is 0 Å². The molecule has 0 saturated heterocycles. The van der Waals surface area contributed by atoms with E-state index < -0.39 is 0 Å². The van der Waals surface area contributed by atoms with Gasteiger partial charge in [-0.1, -0.05) is 54.6 Å². The zero-order valence-corrected chi connectivity index (χ0v) is 21.0. The number of pyridine rings is 1. The van der Waals surface area contributed by atoms with Crippen molar-refractivity contribution in [3.05, 3.63) is 127 Å². The van der Waals surface area contributed by atoms with Crippen LogP contribution in [0.2, 0.25) is 0 Å². The molecule has 6 rings (SSSR count). The Labute approximate surface area is 221 Å². The fraction of sp³-hybridized carbons (Fsp3) is 0.0303. The van der Waals surface area contributed by atoms with Gasteiger partial charge in [0.2, 0.25) is 0 Å². The van der Waals surface area contributed by atoms with Crippen molar-refractivity contribution in [3.63, 3.8) is 0 Å². The van der Waals surface area contributed by atoms with Crippen LogP contribution in [-0.2, 0) is 0 Å². The van der Waals surface area contributed by atoms with E-state index in [1.165, 1.54) is 21.8 Å².